The van der Waals surface area contributed by atoms with Crippen LogP contribution in [-0.2, 0) is 24.1 Å². The van der Waals surface area contributed by atoms with E-state index in [-0.39, 0.29) is 5.97 Å². The Morgan fingerprint density at radius 3 is 2.42 bits per heavy atom. The lowest BCUT2D eigenvalue weighted by molar-refractivity contribution is 0.0600. The molecule has 2 N–H and O–H groups in total. The van der Waals surface area contributed by atoms with Gasteiger partial charge in [-0.3, -0.25) is 4.79 Å². The fourth-order valence-corrected chi connectivity index (χ4v) is 4.78. The number of carbonyl (C=O) groups is 2. The van der Waals surface area contributed by atoms with Crippen molar-refractivity contribution in [2.75, 3.05) is 7.11 Å². The van der Waals surface area contributed by atoms with Crippen LogP contribution in [0.2, 0.25) is 0 Å². The Labute approximate surface area is 187 Å². The second-order valence-corrected chi connectivity index (χ2v) is 8.69. The van der Waals surface area contributed by atoms with E-state index in [4.69, 9.17) is 10.5 Å². The summed E-state index contributed by atoms with van der Waals surface area (Å²) in [6.45, 7) is 4.96. The minimum Gasteiger partial charge on any atom is -0.465 e. The number of nitrogens with two attached hydrogens (primary N) is 1. The number of methoxy groups -OCH3 is 1. The first-order chi connectivity index (χ1) is 15.0. The lowest BCUT2D eigenvalue weighted by atomic mass is 9.96. The van der Waals surface area contributed by atoms with Crippen molar-refractivity contribution in [2.24, 2.45) is 5.73 Å². The molecule has 3 rings (SSSR count). The molecule has 0 aliphatic carbocycles. The minimum atomic E-state index is -0.420. The van der Waals surface area contributed by atoms with Crippen molar-refractivity contribution >= 4 is 23.2 Å². The van der Waals surface area contributed by atoms with E-state index in [9.17, 15) is 9.59 Å². The summed E-state index contributed by atoms with van der Waals surface area (Å²) in [5, 5.41) is 2.09. The quantitative estimate of drug-likeness (QED) is 0.341. The van der Waals surface area contributed by atoms with Crippen molar-refractivity contribution in [1.29, 1.82) is 0 Å². The van der Waals surface area contributed by atoms with Crippen LogP contribution in [0.15, 0.2) is 41.8 Å². The molecule has 2 heterocycles. The summed E-state index contributed by atoms with van der Waals surface area (Å²) in [7, 11) is 1.37. The van der Waals surface area contributed by atoms with E-state index < -0.39 is 5.91 Å². The summed E-state index contributed by atoms with van der Waals surface area (Å²) in [5.74, 6) is -0.800. The number of aryl methyl sites for hydroxylation is 1. The third-order valence-corrected chi connectivity index (χ3v) is 6.59. The Morgan fingerprint density at radius 2 is 1.84 bits per heavy atom. The number of aromatic nitrogens is 1. The van der Waals surface area contributed by atoms with Crippen LogP contribution >= 0.6 is 11.3 Å². The molecule has 0 aliphatic heterocycles. The van der Waals surface area contributed by atoms with E-state index in [0.29, 0.717) is 11.1 Å². The normalized spacial score (nSPS) is 10.9. The predicted molar refractivity (Wildman–Crippen MR) is 126 cm³/mol. The number of unbranched alkanes of at least 4 members (excludes halogenated alkanes) is 2. The summed E-state index contributed by atoms with van der Waals surface area (Å²) < 4.78 is 7.07. The number of hydrogen-bond acceptors (Lipinski definition) is 4. The maximum Gasteiger partial charge on any atom is 0.337 e. The van der Waals surface area contributed by atoms with E-state index in [2.05, 4.69) is 29.0 Å². The molecule has 0 unspecified atom stereocenters. The van der Waals surface area contributed by atoms with Gasteiger partial charge in [-0.05, 0) is 55.3 Å². The molecule has 5 nitrogen and oxygen atoms in total. The highest BCUT2D eigenvalue weighted by Crippen LogP contribution is 2.34. The summed E-state index contributed by atoms with van der Waals surface area (Å²) in [6, 6.07) is 11.4. The zero-order valence-electron chi connectivity index (χ0n) is 18.4. The van der Waals surface area contributed by atoms with Crippen LogP contribution in [-0.4, -0.2) is 23.6 Å². The van der Waals surface area contributed by atoms with Gasteiger partial charge in [0, 0.05) is 28.4 Å². The molecule has 0 spiro atoms. The SMILES string of the molecule is CCCCCc1c(-c2ccc(C(=O)OC)cc2)c(C(N)=O)c(C)n1CCc1cccs1. The van der Waals surface area contributed by atoms with Gasteiger partial charge in [0.15, 0.2) is 0 Å². The van der Waals surface area contributed by atoms with E-state index >= 15 is 0 Å². The molecule has 31 heavy (non-hydrogen) atoms. The highest BCUT2D eigenvalue weighted by Gasteiger charge is 2.24. The third kappa shape index (κ3) is 5.07. The third-order valence-electron chi connectivity index (χ3n) is 5.65. The number of ether oxygens (including phenoxy) is 1. The average Bonchev–Trinajstić information content (AvgIpc) is 3.38. The largest absolute Gasteiger partial charge is 0.465 e. The Bertz CT molecular complexity index is 1030. The van der Waals surface area contributed by atoms with Gasteiger partial charge in [0.1, 0.15) is 0 Å². The predicted octanol–water partition coefficient (Wildman–Crippen LogP) is 5.39. The molecule has 3 aromatic rings. The highest BCUT2D eigenvalue weighted by molar-refractivity contribution is 7.09. The first-order valence-electron chi connectivity index (χ1n) is 10.7. The zero-order valence-corrected chi connectivity index (χ0v) is 19.3. The van der Waals surface area contributed by atoms with Crippen molar-refractivity contribution in [3.05, 3.63) is 69.2 Å². The van der Waals surface area contributed by atoms with Gasteiger partial charge >= 0.3 is 5.97 Å². The monoisotopic (exact) mass is 438 g/mol. The lowest BCUT2D eigenvalue weighted by Gasteiger charge is -2.13. The number of carbonyl (C=O) groups excluding carboxylic acids is 2. The number of esters is 1. The van der Waals surface area contributed by atoms with E-state index in [1.165, 1.54) is 12.0 Å². The van der Waals surface area contributed by atoms with Crippen molar-refractivity contribution in [2.45, 2.75) is 52.5 Å². The number of rotatable bonds is 10. The topological polar surface area (TPSA) is 74.3 Å². The van der Waals surface area contributed by atoms with Gasteiger partial charge in [-0.1, -0.05) is 38.0 Å². The summed E-state index contributed by atoms with van der Waals surface area (Å²) in [6.07, 6.45) is 5.08. The van der Waals surface area contributed by atoms with Crippen LogP contribution in [0.25, 0.3) is 11.1 Å². The second-order valence-electron chi connectivity index (χ2n) is 7.65. The van der Waals surface area contributed by atoms with E-state index in [0.717, 1.165) is 61.2 Å². The van der Waals surface area contributed by atoms with Gasteiger partial charge in [-0.25, -0.2) is 4.79 Å². The minimum absolute atomic E-state index is 0.380. The number of hydrogen-bond donors (Lipinski definition) is 1. The number of primary amides is 1. The molecule has 1 aromatic carbocycles. The summed E-state index contributed by atoms with van der Waals surface area (Å²) in [4.78, 5) is 25.7. The Morgan fingerprint density at radius 1 is 1.10 bits per heavy atom. The van der Waals surface area contributed by atoms with Crippen molar-refractivity contribution in [1.82, 2.24) is 4.57 Å². The average molecular weight is 439 g/mol. The molecule has 0 saturated carbocycles. The van der Waals surface area contributed by atoms with Crippen molar-refractivity contribution in [3.8, 4) is 11.1 Å². The first kappa shape index (κ1) is 22.8. The number of benzene rings is 1. The molecule has 1 amide bonds. The molecule has 2 aromatic heterocycles. The molecule has 0 bridgehead atoms. The fourth-order valence-electron chi connectivity index (χ4n) is 4.08. The molecule has 6 heteroatoms. The molecule has 0 atom stereocenters. The van der Waals surface area contributed by atoms with E-state index in [1.54, 1.807) is 23.5 Å². The number of nitrogens with zero attached hydrogens (tertiary/aromatic N) is 1. The van der Waals surface area contributed by atoms with Crippen LogP contribution in [0.4, 0.5) is 0 Å². The van der Waals surface area contributed by atoms with Gasteiger partial charge in [0.25, 0.3) is 5.91 Å². The first-order valence-corrected chi connectivity index (χ1v) is 11.6. The molecular formula is C25H30N2O3S. The molecule has 0 radical (unpaired) electrons. The zero-order chi connectivity index (χ0) is 22.4. The highest BCUT2D eigenvalue weighted by atomic mass is 32.1. The van der Waals surface area contributed by atoms with Gasteiger partial charge in [0.05, 0.1) is 18.2 Å². The Balaban J connectivity index is 2.08. The van der Waals surface area contributed by atoms with Crippen LogP contribution in [0.3, 0.4) is 0 Å². The maximum atomic E-state index is 12.5. The molecular weight excluding hydrogens is 408 g/mol. The van der Waals surface area contributed by atoms with Gasteiger partial charge < -0.3 is 15.0 Å². The van der Waals surface area contributed by atoms with Crippen molar-refractivity contribution in [3.63, 3.8) is 0 Å². The second kappa shape index (κ2) is 10.4. The summed E-state index contributed by atoms with van der Waals surface area (Å²) in [5.41, 5.74) is 10.7. The lowest BCUT2D eigenvalue weighted by Crippen LogP contribution is -2.13. The van der Waals surface area contributed by atoms with Gasteiger partial charge in [-0.15, -0.1) is 11.3 Å². The standard InChI is InChI=1S/C25H30N2O3S/c1-4-5-6-9-21-23(18-10-12-19(13-11-18)25(29)30-3)22(24(26)28)17(2)27(21)15-14-20-8-7-16-31-20/h7-8,10-13,16H,4-6,9,14-15H2,1-3H3,(H2,26,28). The van der Waals surface area contributed by atoms with Gasteiger partial charge in [0.2, 0.25) is 0 Å². The summed E-state index contributed by atoms with van der Waals surface area (Å²) >= 11 is 1.75. The number of thiophene rings is 1. The van der Waals surface area contributed by atoms with Crippen molar-refractivity contribution < 1.29 is 14.3 Å². The number of amides is 1. The maximum absolute atomic E-state index is 12.5. The molecule has 0 aliphatic rings. The smallest absolute Gasteiger partial charge is 0.337 e. The molecule has 0 fully saturated rings. The van der Waals surface area contributed by atoms with Crippen LogP contribution in [0.5, 0.6) is 0 Å². The Kier molecular flexibility index (Phi) is 7.69. The van der Waals surface area contributed by atoms with Gasteiger partial charge in [-0.2, -0.15) is 0 Å². The van der Waals surface area contributed by atoms with Crippen LogP contribution in [0.1, 0.15) is 63.2 Å². The van der Waals surface area contributed by atoms with Crippen LogP contribution in [0, 0.1) is 6.92 Å². The molecule has 164 valence electrons. The molecule has 0 saturated heterocycles. The van der Waals surface area contributed by atoms with Crippen LogP contribution < -0.4 is 5.73 Å². The van der Waals surface area contributed by atoms with E-state index in [1.807, 2.05) is 19.1 Å². The Hall–Kier alpha value is -2.86. The fraction of sp³-hybridized carbons (Fsp3) is 0.360.